The Labute approximate surface area is 228 Å². The first-order chi connectivity index (χ1) is 16.2. The molecule has 0 radical (unpaired) electrons. The smallest absolute Gasteiger partial charge is 0.309 e. The Hall–Kier alpha value is -2.26. The van der Waals surface area contributed by atoms with Gasteiger partial charge in [-0.25, -0.2) is 9.78 Å². The van der Waals surface area contributed by atoms with E-state index >= 15 is 0 Å². The number of benzene rings is 2. The van der Waals surface area contributed by atoms with Crippen LogP contribution in [-0.2, 0) is 11.3 Å². The summed E-state index contributed by atoms with van der Waals surface area (Å²) in [6.45, 7) is 1.86. The molecule has 2 N–H and O–H groups in total. The van der Waals surface area contributed by atoms with E-state index in [1.165, 1.54) is 9.80 Å². The highest BCUT2D eigenvalue weighted by Gasteiger charge is 2.34. The number of pyridine rings is 1. The fraction of sp³-hybridized carbons (Fsp3) is 0.174. The molecule has 0 saturated heterocycles. The van der Waals surface area contributed by atoms with Gasteiger partial charge in [0.15, 0.2) is 0 Å². The number of amides is 3. The van der Waals surface area contributed by atoms with E-state index in [2.05, 4.69) is 15.6 Å². The molecule has 2 aromatic carbocycles. The van der Waals surface area contributed by atoms with Gasteiger partial charge in [-0.3, -0.25) is 14.6 Å². The molecule has 7 nitrogen and oxygen atoms in total. The summed E-state index contributed by atoms with van der Waals surface area (Å²) in [7, 11) is 1.69. The molecule has 1 aliphatic rings. The van der Waals surface area contributed by atoms with Crippen LogP contribution in [0.25, 0.3) is 0 Å². The Kier molecular flexibility index (Phi) is 8.75. The molecule has 0 fully saturated rings. The molecule has 35 heavy (non-hydrogen) atoms. The average Bonchev–Trinajstić information content (AvgIpc) is 2.76. The van der Waals surface area contributed by atoms with E-state index in [9.17, 15) is 9.59 Å². The van der Waals surface area contributed by atoms with Gasteiger partial charge in [0.05, 0.1) is 29.7 Å². The molecule has 0 aliphatic carbocycles. The monoisotopic (exact) mass is 573 g/mol. The lowest BCUT2D eigenvalue weighted by atomic mass is 10.1. The highest BCUT2D eigenvalue weighted by atomic mass is 35.5. The third-order valence-corrected chi connectivity index (χ3v) is 6.14. The molecule has 4 rings (SSSR count). The van der Waals surface area contributed by atoms with Crippen LogP contribution in [0.3, 0.4) is 0 Å². The van der Waals surface area contributed by atoms with Crippen molar-refractivity contribution in [2.24, 2.45) is 0 Å². The summed E-state index contributed by atoms with van der Waals surface area (Å²) in [5, 5.41) is 7.17. The number of hydrogen-bond acceptors (Lipinski definition) is 4. The summed E-state index contributed by atoms with van der Waals surface area (Å²) in [5.41, 5.74) is 2.03. The van der Waals surface area contributed by atoms with Crippen LogP contribution >= 0.6 is 58.8 Å². The fourth-order valence-corrected chi connectivity index (χ4v) is 4.53. The number of likely N-dealkylation sites (N-methyl/N-ethyl adjacent to an activating group) is 1. The van der Waals surface area contributed by atoms with Gasteiger partial charge < -0.3 is 10.6 Å². The topological polar surface area (TPSA) is 77.6 Å². The van der Waals surface area contributed by atoms with E-state index in [0.29, 0.717) is 48.7 Å². The molecule has 1 aliphatic heterocycles. The van der Waals surface area contributed by atoms with Gasteiger partial charge in [-0.05, 0) is 62.5 Å². The molecular weight excluding hydrogens is 556 g/mol. The van der Waals surface area contributed by atoms with Crippen LogP contribution in [0.1, 0.15) is 12.6 Å². The summed E-state index contributed by atoms with van der Waals surface area (Å²) < 4.78 is 0. The third-order valence-electron chi connectivity index (χ3n) is 5.26. The molecule has 184 valence electrons. The first-order valence-electron chi connectivity index (χ1n) is 10.2. The highest BCUT2D eigenvalue weighted by molar-refractivity contribution is 6.36. The van der Waals surface area contributed by atoms with Gasteiger partial charge in [0.25, 0.3) is 0 Å². The summed E-state index contributed by atoms with van der Waals surface area (Å²) in [6, 6.07) is 12.3. The quantitative estimate of drug-likeness (QED) is 0.346. The van der Waals surface area contributed by atoms with Gasteiger partial charge in [0.1, 0.15) is 5.82 Å². The number of carbonyl (C=O) groups is 2. The molecule has 1 atom stereocenters. The maximum absolute atomic E-state index is 13.7. The Balaban J connectivity index is 0.00000342. The van der Waals surface area contributed by atoms with Gasteiger partial charge in [-0.15, -0.1) is 12.4 Å². The number of carbonyl (C=O) groups excluding carboxylic acids is 2. The number of hydrogen-bond donors (Lipinski definition) is 2. The number of anilines is 4. The summed E-state index contributed by atoms with van der Waals surface area (Å²) in [5.74, 6) is 0.118. The largest absolute Gasteiger partial charge is 0.334 e. The lowest BCUT2D eigenvalue weighted by Gasteiger charge is -2.37. The van der Waals surface area contributed by atoms with Gasteiger partial charge in [-0.2, -0.15) is 0 Å². The van der Waals surface area contributed by atoms with Crippen molar-refractivity contribution in [2.45, 2.75) is 19.5 Å². The lowest BCUT2D eigenvalue weighted by Crippen LogP contribution is -2.45. The second-order valence-corrected chi connectivity index (χ2v) is 9.37. The van der Waals surface area contributed by atoms with Gasteiger partial charge in [-0.1, -0.05) is 46.4 Å². The molecule has 2 heterocycles. The van der Waals surface area contributed by atoms with Crippen LogP contribution in [0.4, 0.5) is 27.7 Å². The van der Waals surface area contributed by atoms with Crippen molar-refractivity contribution < 1.29 is 9.59 Å². The van der Waals surface area contributed by atoms with Crippen LogP contribution in [0, 0.1) is 0 Å². The number of aromatic nitrogens is 1. The zero-order valence-corrected chi connectivity index (χ0v) is 22.3. The molecule has 3 amide bonds. The summed E-state index contributed by atoms with van der Waals surface area (Å²) >= 11 is 24.8. The van der Waals surface area contributed by atoms with Crippen LogP contribution in [0.5, 0.6) is 0 Å². The van der Waals surface area contributed by atoms with Crippen molar-refractivity contribution in [3.8, 4) is 0 Å². The minimum absolute atomic E-state index is 0. The normalized spacial score (nSPS) is 13.7. The molecule has 0 saturated carbocycles. The fourth-order valence-electron chi connectivity index (χ4n) is 3.51. The molecule has 3 aromatic rings. The van der Waals surface area contributed by atoms with Crippen LogP contribution in [-0.4, -0.2) is 30.0 Å². The molecule has 1 aromatic heterocycles. The number of halogens is 5. The number of urea groups is 1. The van der Waals surface area contributed by atoms with E-state index in [1.807, 2.05) is 0 Å². The Bertz CT molecular complexity index is 1250. The minimum Gasteiger partial charge on any atom is -0.309 e. The lowest BCUT2D eigenvalue weighted by molar-refractivity contribution is -0.117. The van der Waals surface area contributed by atoms with Crippen molar-refractivity contribution in [3.05, 3.63) is 74.3 Å². The Morgan fingerprint density at radius 2 is 1.49 bits per heavy atom. The van der Waals surface area contributed by atoms with Crippen molar-refractivity contribution in [3.63, 3.8) is 0 Å². The number of nitrogens with zero attached hydrogens (tertiary/aromatic N) is 3. The van der Waals surface area contributed by atoms with E-state index in [1.54, 1.807) is 62.5 Å². The maximum Gasteiger partial charge on any atom is 0.334 e. The third kappa shape index (κ3) is 5.94. The molecule has 0 unspecified atom stereocenters. The zero-order valence-electron chi connectivity index (χ0n) is 18.5. The molecule has 12 heteroatoms. The number of fused-ring (bicyclic) bond motifs is 1. The van der Waals surface area contributed by atoms with E-state index in [0.717, 1.165) is 0 Å². The van der Waals surface area contributed by atoms with E-state index in [4.69, 9.17) is 46.4 Å². The van der Waals surface area contributed by atoms with Crippen molar-refractivity contribution in [1.29, 1.82) is 0 Å². The zero-order chi connectivity index (χ0) is 24.6. The van der Waals surface area contributed by atoms with Crippen molar-refractivity contribution in [1.82, 2.24) is 10.3 Å². The number of nitrogens with one attached hydrogen (secondary N) is 2. The minimum atomic E-state index is -0.408. The van der Waals surface area contributed by atoms with Crippen LogP contribution in [0.15, 0.2) is 48.5 Å². The molecule has 0 bridgehead atoms. The van der Waals surface area contributed by atoms with Crippen molar-refractivity contribution >= 4 is 93.6 Å². The molecular formula is C23H20Cl5N5O2. The standard InChI is InChI=1S/C23H19Cl4N5O2.ClH/c1-12(28-2)22(33)30-21-4-3-20-19(29-21)11-31(17-7-13(24)5-14(25)8-17)23(34)32(20)18-9-15(26)6-16(27)10-18;/h3-10,12,28H,11H2,1-2H3,(H,29,30,33);1H/t12-;/m0./s1. The number of rotatable bonds is 5. The summed E-state index contributed by atoms with van der Waals surface area (Å²) in [6.07, 6.45) is 0. The predicted molar refractivity (Wildman–Crippen MR) is 145 cm³/mol. The summed E-state index contributed by atoms with van der Waals surface area (Å²) in [4.78, 5) is 33.6. The van der Waals surface area contributed by atoms with Crippen LogP contribution < -0.4 is 20.4 Å². The van der Waals surface area contributed by atoms with E-state index < -0.39 is 6.04 Å². The van der Waals surface area contributed by atoms with Crippen molar-refractivity contribution in [2.75, 3.05) is 22.2 Å². The molecule has 0 spiro atoms. The maximum atomic E-state index is 13.7. The van der Waals surface area contributed by atoms with Gasteiger partial charge in [0.2, 0.25) is 5.91 Å². The average molecular weight is 576 g/mol. The predicted octanol–water partition coefficient (Wildman–Crippen LogP) is 6.94. The first kappa shape index (κ1) is 27.3. The van der Waals surface area contributed by atoms with Gasteiger partial charge in [0, 0.05) is 25.8 Å². The Morgan fingerprint density at radius 3 is 2.03 bits per heavy atom. The second-order valence-electron chi connectivity index (χ2n) is 7.62. The first-order valence-corrected chi connectivity index (χ1v) is 11.7. The Morgan fingerprint density at radius 1 is 0.943 bits per heavy atom. The van der Waals surface area contributed by atoms with E-state index in [-0.39, 0.29) is 30.9 Å². The van der Waals surface area contributed by atoms with Crippen LogP contribution in [0.2, 0.25) is 20.1 Å². The SMILES string of the molecule is CN[C@@H](C)C(=O)Nc1ccc2c(n1)CN(c1cc(Cl)cc(Cl)c1)C(=O)N2c1cc(Cl)cc(Cl)c1.Cl. The highest BCUT2D eigenvalue weighted by Crippen LogP contribution is 2.39. The second kappa shape index (κ2) is 11.2. The van der Waals surface area contributed by atoms with Gasteiger partial charge >= 0.3 is 6.03 Å².